The molecule has 2 aromatic heterocycles. The van der Waals surface area contributed by atoms with Crippen molar-refractivity contribution in [3.63, 3.8) is 0 Å². The van der Waals surface area contributed by atoms with E-state index in [-0.39, 0.29) is 5.56 Å². The maximum atomic E-state index is 13.2. The molecule has 5 aliphatic rings. The number of methoxy groups -OCH3 is 1. The van der Waals surface area contributed by atoms with Crippen molar-refractivity contribution in [3.8, 4) is 11.4 Å². The molecule has 2 aromatic carbocycles. The number of hydrogen-bond acceptors (Lipinski definition) is 9. The van der Waals surface area contributed by atoms with Crippen LogP contribution in [0.25, 0.3) is 16.7 Å². The van der Waals surface area contributed by atoms with Gasteiger partial charge in [-0.3, -0.25) is 19.1 Å². The molecule has 9 rings (SSSR count). The third-order valence-electron chi connectivity index (χ3n) is 14.2. The first-order chi connectivity index (χ1) is 29.2. The fraction of sp³-hybridized carbons (Fsp3) is 0.592. The Balaban J connectivity index is 0.690. The minimum atomic E-state index is -0.179. The van der Waals surface area contributed by atoms with Crippen molar-refractivity contribution >= 4 is 40.0 Å². The van der Waals surface area contributed by atoms with E-state index in [1.54, 1.807) is 36.1 Å². The SMILES string of the molecule is COc1cc(N2CCN(CCCCCCCCCCCCNC(=O)CC34CC5CC(CC(C5)C3)C4)CC2)ccc1Nc1ncc2c(C)cc(=O)n(-c3cccc(N)c3)c2n1. The number of ether oxygens (including phenoxy) is 1. The lowest BCUT2D eigenvalue weighted by Crippen LogP contribution is -2.48. The van der Waals surface area contributed by atoms with E-state index in [2.05, 4.69) is 37.6 Å². The Morgan fingerprint density at radius 1 is 0.833 bits per heavy atom. The van der Waals surface area contributed by atoms with Gasteiger partial charge in [-0.2, -0.15) is 4.98 Å². The molecule has 0 radical (unpaired) electrons. The Morgan fingerprint density at radius 2 is 1.50 bits per heavy atom. The third-order valence-corrected chi connectivity index (χ3v) is 14.2. The molecule has 11 heteroatoms. The molecular formula is C49H68N8O3. The maximum Gasteiger partial charge on any atom is 0.257 e. The van der Waals surface area contributed by atoms with Gasteiger partial charge in [0.05, 0.1) is 18.5 Å². The molecule has 11 nitrogen and oxygen atoms in total. The van der Waals surface area contributed by atoms with Crippen LogP contribution in [0.15, 0.2) is 59.5 Å². The first kappa shape index (κ1) is 42.1. The zero-order valence-corrected chi connectivity index (χ0v) is 36.2. The van der Waals surface area contributed by atoms with E-state index in [0.29, 0.717) is 40.0 Å². The van der Waals surface area contributed by atoms with Gasteiger partial charge in [0.25, 0.3) is 5.56 Å². The van der Waals surface area contributed by atoms with Crippen LogP contribution in [0.5, 0.6) is 5.75 Å². The van der Waals surface area contributed by atoms with Crippen molar-refractivity contribution < 1.29 is 9.53 Å². The van der Waals surface area contributed by atoms with E-state index in [1.807, 2.05) is 25.1 Å². The van der Waals surface area contributed by atoms with E-state index >= 15 is 0 Å². The number of hydrogen-bond donors (Lipinski definition) is 3. The third kappa shape index (κ3) is 10.3. The van der Waals surface area contributed by atoms with Crippen LogP contribution in [0.3, 0.4) is 0 Å². The summed E-state index contributed by atoms with van der Waals surface area (Å²) in [5.41, 5.74) is 10.7. The number of aryl methyl sites for hydroxylation is 1. The maximum absolute atomic E-state index is 13.2. The van der Waals surface area contributed by atoms with Gasteiger partial charge in [-0.15, -0.1) is 0 Å². The van der Waals surface area contributed by atoms with Gasteiger partial charge in [0, 0.05) is 74.2 Å². The fourth-order valence-electron chi connectivity index (χ4n) is 11.6. The zero-order valence-electron chi connectivity index (χ0n) is 36.2. The molecule has 0 unspecified atom stereocenters. The minimum Gasteiger partial charge on any atom is -0.494 e. The number of rotatable bonds is 20. The summed E-state index contributed by atoms with van der Waals surface area (Å²) in [6.07, 6.45) is 23.8. The zero-order chi connectivity index (χ0) is 41.5. The lowest BCUT2D eigenvalue weighted by molar-refractivity contribution is -0.129. The molecule has 0 spiro atoms. The Labute approximate surface area is 356 Å². The van der Waals surface area contributed by atoms with Gasteiger partial charge in [-0.1, -0.05) is 57.4 Å². The molecule has 322 valence electrons. The number of fused-ring (bicyclic) bond motifs is 1. The van der Waals surface area contributed by atoms with Crippen LogP contribution in [0.2, 0.25) is 0 Å². The van der Waals surface area contributed by atoms with Crippen molar-refractivity contribution in [2.24, 2.45) is 23.2 Å². The van der Waals surface area contributed by atoms with E-state index in [0.717, 1.165) is 85.6 Å². The highest BCUT2D eigenvalue weighted by Crippen LogP contribution is 2.61. The molecule has 4 aromatic rings. The number of aromatic nitrogens is 3. The molecule has 0 atom stereocenters. The van der Waals surface area contributed by atoms with E-state index in [4.69, 9.17) is 15.5 Å². The largest absolute Gasteiger partial charge is 0.494 e. The van der Waals surface area contributed by atoms with Crippen LogP contribution in [0.1, 0.15) is 115 Å². The number of benzene rings is 2. The monoisotopic (exact) mass is 817 g/mol. The van der Waals surface area contributed by atoms with Crippen molar-refractivity contribution in [1.29, 1.82) is 0 Å². The standard InChI is InChI=1S/C49H68N8O3/c1-35-24-46(59)57(41-15-13-14-39(50)28-41)47-42(35)34-52-48(54-47)53-43-17-16-40(29-44(43)60-2)56-22-20-55(21-23-56)19-12-10-8-6-4-3-5-7-9-11-18-51-45(58)33-49-30-36-25-37(31-49)27-38(26-36)32-49/h13-17,24,28-29,34,36-38H,3-12,18-23,25-27,30-33,50H2,1-2H3,(H,51,58)(H,52,53,54). The average molecular weight is 817 g/mol. The summed E-state index contributed by atoms with van der Waals surface area (Å²) in [6, 6.07) is 15.1. The first-order valence-corrected chi connectivity index (χ1v) is 23.2. The van der Waals surface area contributed by atoms with Gasteiger partial charge in [0.15, 0.2) is 5.65 Å². The molecular weight excluding hydrogens is 749 g/mol. The highest BCUT2D eigenvalue weighted by molar-refractivity contribution is 5.81. The van der Waals surface area contributed by atoms with Gasteiger partial charge in [-0.05, 0) is 124 Å². The van der Waals surface area contributed by atoms with Crippen LogP contribution in [-0.4, -0.2) is 71.7 Å². The van der Waals surface area contributed by atoms with E-state index in [1.165, 1.54) is 103 Å². The number of amides is 1. The van der Waals surface area contributed by atoms with E-state index in [9.17, 15) is 9.59 Å². The van der Waals surface area contributed by atoms with Gasteiger partial charge >= 0.3 is 0 Å². The van der Waals surface area contributed by atoms with Crippen LogP contribution < -0.4 is 31.6 Å². The summed E-state index contributed by atoms with van der Waals surface area (Å²) in [6.45, 7) is 8.03. The molecule has 3 heterocycles. The summed E-state index contributed by atoms with van der Waals surface area (Å²) in [5.74, 6) is 4.17. The Bertz CT molecular complexity index is 2110. The van der Waals surface area contributed by atoms with Crippen LogP contribution >= 0.6 is 0 Å². The summed E-state index contributed by atoms with van der Waals surface area (Å²) >= 11 is 0. The van der Waals surface area contributed by atoms with Gasteiger partial charge in [0.1, 0.15) is 5.75 Å². The number of carbonyl (C=O) groups is 1. The van der Waals surface area contributed by atoms with Crippen molar-refractivity contribution in [1.82, 2.24) is 24.8 Å². The quantitative estimate of drug-likeness (QED) is 0.0591. The molecule has 4 saturated carbocycles. The van der Waals surface area contributed by atoms with Crippen LogP contribution in [0.4, 0.5) is 23.0 Å². The second-order valence-corrected chi connectivity index (χ2v) is 18.8. The predicted octanol–water partition coefficient (Wildman–Crippen LogP) is 9.17. The van der Waals surface area contributed by atoms with Gasteiger partial charge in [-0.25, -0.2) is 4.98 Å². The predicted molar refractivity (Wildman–Crippen MR) is 244 cm³/mol. The molecule has 4 N–H and O–H groups in total. The van der Waals surface area contributed by atoms with Crippen LogP contribution in [0, 0.1) is 30.1 Å². The van der Waals surface area contributed by atoms with Crippen molar-refractivity contribution in [2.75, 3.05) is 62.3 Å². The molecule has 1 amide bonds. The Hall–Kier alpha value is -4.64. The average Bonchev–Trinajstić information content (AvgIpc) is 3.22. The number of nitrogens with two attached hydrogens (primary N) is 1. The minimum absolute atomic E-state index is 0.179. The number of carbonyl (C=O) groups excluding carboxylic acids is 1. The molecule has 1 saturated heterocycles. The topological polar surface area (TPSA) is 131 Å². The van der Waals surface area contributed by atoms with E-state index < -0.39 is 0 Å². The number of nitrogens with one attached hydrogen (secondary N) is 2. The number of pyridine rings is 1. The second-order valence-electron chi connectivity index (χ2n) is 18.8. The lowest BCUT2D eigenvalue weighted by atomic mass is 9.49. The fourth-order valence-corrected chi connectivity index (χ4v) is 11.6. The second kappa shape index (κ2) is 19.4. The number of nitrogen functional groups attached to an aromatic ring is 1. The number of piperazine rings is 1. The van der Waals surface area contributed by atoms with Crippen molar-refractivity contribution in [3.05, 3.63) is 70.6 Å². The molecule has 4 aliphatic carbocycles. The number of unbranched alkanes of at least 4 members (excludes halogenated alkanes) is 9. The summed E-state index contributed by atoms with van der Waals surface area (Å²) in [4.78, 5) is 40.4. The first-order valence-electron chi connectivity index (χ1n) is 23.2. The Kier molecular flexibility index (Phi) is 13.6. The van der Waals surface area contributed by atoms with Crippen LogP contribution in [-0.2, 0) is 4.79 Å². The molecule has 1 aliphatic heterocycles. The normalized spacial score (nSPS) is 22.4. The summed E-state index contributed by atoms with van der Waals surface area (Å²) < 4.78 is 7.40. The number of anilines is 4. The molecule has 60 heavy (non-hydrogen) atoms. The lowest BCUT2D eigenvalue weighted by Gasteiger charge is -2.56. The number of nitrogens with zero attached hydrogens (tertiary/aromatic N) is 5. The smallest absolute Gasteiger partial charge is 0.257 e. The molecule has 4 bridgehead atoms. The highest BCUT2D eigenvalue weighted by atomic mass is 16.5. The summed E-state index contributed by atoms with van der Waals surface area (Å²) in [7, 11) is 1.68. The highest BCUT2D eigenvalue weighted by Gasteiger charge is 2.51. The van der Waals surface area contributed by atoms with Gasteiger partial charge in [0.2, 0.25) is 11.9 Å². The summed E-state index contributed by atoms with van der Waals surface area (Å²) in [5, 5.41) is 7.40. The molecule has 5 fully saturated rings. The van der Waals surface area contributed by atoms with Crippen molar-refractivity contribution in [2.45, 2.75) is 116 Å². The Morgan fingerprint density at radius 3 is 2.17 bits per heavy atom. The van der Waals surface area contributed by atoms with Gasteiger partial charge < -0.3 is 26.0 Å².